The van der Waals surface area contributed by atoms with Crippen molar-refractivity contribution in [2.75, 3.05) is 17.3 Å². The van der Waals surface area contributed by atoms with Crippen LogP contribution in [0.1, 0.15) is 23.4 Å². The summed E-state index contributed by atoms with van der Waals surface area (Å²) in [4.78, 5) is 12.1. The van der Waals surface area contributed by atoms with Crippen LogP contribution in [0.4, 0.5) is 0 Å². The second-order valence-electron chi connectivity index (χ2n) is 6.51. The van der Waals surface area contributed by atoms with Crippen LogP contribution in [0.5, 0.6) is 0 Å². The van der Waals surface area contributed by atoms with Crippen molar-refractivity contribution >= 4 is 27.5 Å². The normalized spacial score (nSPS) is 18.8. The smallest absolute Gasteiger partial charge is 0.230 e. The van der Waals surface area contributed by atoms with Crippen LogP contribution in [-0.2, 0) is 21.2 Å². The lowest BCUT2D eigenvalue weighted by molar-refractivity contribution is -0.118. The van der Waals surface area contributed by atoms with Gasteiger partial charge >= 0.3 is 0 Å². The Morgan fingerprint density at radius 1 is 1.31 bits per heavy atom. The van der Waals surface area contributed by atoms with Gasteiger partial charge in [-0.25, -0.2) is 13.1 Å². The Balaban J connectivity index is 1.56. The maximum absolute atomic E-state index is 12.1. The standard InChI is InChI=1S/C18H23N3O3S2/c1-13-17(14(2)21(20-13)15-6-4-3-5-7-15)10-19-18(22)11-25-16-8-9-26(23,24)12-16/h3-7,16H,8-12H2,1-2H3,(H,19,22)/t16-/m1/s1. The van der Waals surface area contributed by atoms with Crippen LogP contribution in [0.3, 0.4) is 0 Å². The van der Waals surface area contributed by atoms with Gasteiger partial charge in [-0.15, -0.1) is 11.8 Å². The molecule has 6 nitrogen and oxygen atoms in total. The minimum absolute atomic E-state index is 0.0371. The van der Waals surface area contributed by atoms with E-state index in [4.69, 9.17) is 0 Å². The highest BCUT2D eigenvalue weighted by Gasteiger charge is 2.28. The van der Waals surface area contributed by atoms with Crippen LogP contribution in [0.15, 0.2) is 30.3 Å². The molecule has 1 fully saturated rings. The summed E-state index contributed by atoms with van der Waals surface area (Å²) in [5, 5.41) is 7.54. The number of rotatable bonds is 6. The van der Waals surface area contributed by atoms with Crippen LogP contribution < -0.4 is 5.32 Å². The van der Waals surface area contributed by atoms with Crippen molar-refractivity contribution in [1.82, 2.24) is 15.1 Å². The van der Waals surface area contributed by atoms with Gasteiger partial charge in [-0.3, -0.25) is 4.79 Å². The average Bonchev–Trinajstić information content (AvgIpc) is 3.11. The molecule has 1 N–H and O–H groups in total. The quantitative estimate of drug-likeness (QED) is 0.812. The number of carbonyl (C=O) groups is 1. The van der Waals surface area contributed by atoms with E-state index in [0.717, 1.165) is 22.6 Å². The number of benzene rings is 1. The molecule has 26 heavy (non-hydrogen) atoms. The number of hydrogen-bond donors (Lipinski definition) is 1. The fourth-order valence-corrected chi connectivity index (χ4v) is 6.55. The van der Waals surface area contributed by atoms with Gasteiger partial charge < -0.3 is 5.32 Å². The van der Waals surface area contributed by atoms with Crippen molar-refractivity contribution in [3.63, 3.8) is 0 Å². The maximum Gasteiger partial charge on any atom is 0.230 e. The highest BCUT2D eigenvalue weighted by Crippen LogP contribution is 2.24. The molecule has 0 unspecified atom stereocenters. The molecule has 1 aromatic heterocycles. The molecule has 1 saturated heterocycles. The van der Waals surface area contributed by atoms with Crippen molar-refractivity contribution < 1.29 is 13.2 Å². The molecule has 2 aromatic rings. The third-order valence-corrected chi connectivity index (χ3v) is 7.83. The van der Waals surface area contributed by atoms with E-state index in [1.54, 1.807) is 0 Å². The van der Waals surface area contributed by atoms with E-state index in [2.05, 4.69) is 10.4 Å². The molecule has 1 atom stereocenters. The predicted octanol–water partition coefficient (Wildman–Crippen LogP) is 2.03. The molecular weight excluding hydrogens is 370 g/mol. The highest BCUT2D eigenvalue weighted by atomic mass is 32.2. The molecule has 0 aliphatic carbocycles. The molecular formula is C18H23N3O3S2. The third-order valence-electron chi connectivity index (χ3n) is 4.55. The average molecular weight is 394 g/mol. The van der Waals surface area contributed by atoms with Gasteiger partial charge in [-0.1, -0.05) is 18.2 Å². The molecule has 0 saturated carbocycles. The molecule has 3 rings (SSSR count). The maximum atomic E-state index is 12.1. The lowest BCUT2D eigenvalue weighted by atomic mass is 10.2. The van der Waals surface area contributed by atoms with Crippen LogP contribution in [-0.4, -0.2) is 46.6 Å². The summed E-state index contributed by atoms with van der Waals surface area (Å²) in [7, 11) is -2.90. The van der Waals surface area contributed by atoms with Gasteiger partial charge in [-0.05, 0) is 32.4 Å². The van der Waals surface area contributed by atoms with Crippen molar-refractivity contribution in [1.29, 1.82) is 0 Å². The Hall–Kier alpha value is -1.80. The molecule has 1 aliphatic heterocycles. The van der Waals surface area contributed by atoms with Crippen LogP contribution in [0, 0.1) is 13.8 Å². The van der Waals surface area contributed by atoms with Crippen molar-refractivity contribution in [2.24, 2.45) is 0 Å². The van der Waals surface area contributed by atoms with Gasteiger partial charge in [0.1, 0.15) is 0 Å². The number of nitrogens with zero attached hydrogens (tertiary/aromatic N) is 2. The monoisotopic (exact) mass is 393 g/mol. The van der Waals surface area contributed by atoms with E-state index in [9.17, 15) is 13.2 Å². The fraction of sp³-hybridized carbons (Fsp3) is 0.444. The summed E-state index contributed by atoms with van der Waals surface area (Å²) in [6, 6.07) is 9.88. The van der Waals surface area contributed by atoms with Gasteiger partial charge in [-0.2, -0.15) is 5.10 Å². The van der Waals surface area contributed by atoms with Gasteiger partial charge in [0.2, 0.25) is 5.91 Å². The van der Waals surface area contributed by atoms with Crippen molar-refractivity contribution in [3.8, 4) is 5.69 Å². The Labute approximate surface area is 158 Å². The number of nitrogens with one attached hydrogen (secondary N) is 1. The zero-order valence-corrected chi connectivity index (χ0v) is 16.6. The topological polar surface area (TPSA) is 81.1 Å². The zero-order valence-electron chi connectivity index (χ0n) is 14.9. The molecule has 1 aromatic carbocycles. The second kappa shape index (κ2) is 7.84. The number of sulfone groups is 1. The Morgan fingerprint density at radius 3 is 2.69 bits per heavy atom. The molecule has 8 heteroatoms. The van der Waals surface area contributed by atoms with E-state index < -0.39 is 9.84 Å². The first-order valence-corrected chi connectivity index (χ1v) is 11.4. The summed E-state index contributed by atoms with van der Waals surface area (Å²) < 4.78 is 24.8. The van der Waals surface area contributed by atoms with Gasteiger partial charge in [0, 0.05) is 23.1 Å². The first-order valence-electron chi connectivity index (χ1n) is 8.55. The number of carbonyl (C=O) groups excluding carboxylic acids is 1. The van der Waals surface area contributed by atoms with Crippen LogP contribution >= 0.6 is 11.8 Å². The number of thioether (sulfide) groups is 1. The van der Waals surface area contributed by atoms with E-state index in [1.165, 1.54) is 11.8 Å². The molecule has 1 amide bonds. The van der Waals surface area contributed by atoms with E-state index >= 15 is 0 Å². The summed E-state index contributed by atoms with van der Waals surface area (Å²) in [5.74, 6) is 0.632. The molecule has 0 spiro atoms. The Kier molecular flexibility index (Phi) is 5.72. The van der Waals surface area contributed by atoms with E-state index in [0.29, 0.717) is 13.0 Å². The van der Waals surface area contributed by atoms with E-state index in [1.807, 2.05) is 48.9 Å². The van der Waals surface area contributed by atoms with Crippen molar-refractivity contribution in [2.45, 2.75) is 32.1 Å². The molecule has 0 bridgehead atoms. The molecule has 1 aliphatic rings. The number of aromatic nitrogens is 2. The van der Waals surface area contributed by atoms with E-state index in [-0.39, 0.29) is 28.4 Å². The summed E-state index contributed by atoms with van der Waals surface area (Å²) >= 11 is 1.43. The highest BCUT2D eigenvalue weighted by molar-refractivity contribution is 8.02. The fourth-order valence-electron chi connectivity index (χ4n) is 3.08. The molecule has 2 heterocycles. The SMILES string of the molecule is Cc1nn(-c2ccccc2)c(C)c1CNC(=O)CS[C@@H]1CCS(=O)(=O)C1. The van der Waals surface area contributed by atoms with Gasteiger partial charge in [0.15, 0.2) is 9.84 Å². The number of para-hydroxylation sites is 1. The largest absolute Gasteiger partial charge is 0.351 e. The number of hydrogen-bond acceptors (Lipinski definition) is 5. The second-order valence-corrected chi connectivity index (χ2v) is 10.0. The minimum Gasteiger partial charge on any atom is -0.351 e. The lowest BCUT2D eigenvalue weighted by Gasteiger charge is -2.09. The summed E-state index contributed by atoms with van der Waals surface area (Å²) in [5.41, 5.74) is 3.89. The molecule has 0 radical (unpaired) electrons. The first-order chi connectivity index (χ1) is 12.4. The third kappa shape index (κ3) is 4.48. The summed E-state index contributed by atoms with van der Waals surface area (Å²) in [6.07, 6.45) is 0.641. The van der Waals surface area contributed by atoms with Gasteiger partial charge in [0.25, 0.3) is 0 Å². The van der Waals surface area contributed by atoms with Crippen LogP contribution in [0.25, 0.3) is 5.69 Å². The number of amides is 1. The minimum atomic E-state index is -2.90. The first kappa shape index (κ1) is 19.0. The zero-order chi connectivity index (χ0) is 18.7. The summed E-state index contributed by atoms with van der Waals surface area (Å²) in [6.45, 7) is 4.35. The Bertz CT molecular complexity index is 892. The molecule has 140 valence electrons. The predicted molar refractivity (Wildman–Crippen MR) is 104 cm³/mol. The van der Waals surface area contributed by atoms with Crippen LogP contribution in [0.2, 0.25) is 0 Å². The van der Waals surface area contributed by atoms with Crippen molar-refractivity contribution in [3.05, 3.63) is 47.3 Å². The number of aryl methyl sites for hydroxylation is 1. The van der Waals surface area contributed by atoms with Gasteiger partial charge in [0.05, 0.1) is 28.6 Å². The lowest BCUT2D eigenvalue weighted by Crippen LogP contribution is -2.26. The Morgan fingerprint density at radius 2 is 2.04 bits per heavy atom.